The van der Waals surface area contributed by atoms with Crippen molar-refractivity contribution >= 4 is 5.78 Å². The van der Waals surface area contributed by atoms with Crippen LogP contribution in [0.4, 0.5) is 0 Å². The third-order valence-corrected chi connectivity index (χ3v) is 4.50. The summed E-state index contributed by atoms with van der Waals surface area (Å²) in [6.07, 6.45) is -1.41. The molecule has 2 aliphatic heterocycles. The van der Waals surface area contributed by atoms with Crippen LogP contribution >= 0.6 is 0 Å². The Hall–Kier alpha value is -1.55. The fourth-order valence-electron chi connectivity index (χ4n) is 3.45. The minimum absolute atomic E-state index is 0.0667. The van der Waals surface area contributed by atoms with Crippen molar-refractivity contribution in [2.75, 3.05) is 27.2 Å². The monoisotopic (exact) mass is 323 g/mol. The van der Waals surface area contributed by atoms with Crippen molar-refractivity contribution in [3.63, 3.8) is 0 Å². The zero-order chi connectivity index (χ0) is 21.8. The lowest BCUT2D eigenvalue weighted by Gasteiger charge is -2.43. The average Bonchev–Trinajstić information content (AvgIpc) is 2.57. The number of ether oxygens (including phenoxy) is 2. The number of carbonyl (C=O) groups is 1. The summed E-state index contributed by atoms with van der Waals surface area (Å²) in [7, 11) is -1.26. The summed E-state index contributed by atoms with van der Waals surface area (Å²) in [5, 5.41) is 0. The molecule has 4 heteroatoms. The molecular formula is C19H27NO3. The summed E-state index contributed by atoms with van der Waals surface area (Å²) in [6.45, 7) is 4.49. The number of nitrogens with zero attached hydrogens (tertiary/aromatic N) is 1. The Labute approximate surface area is 147 Å². The highest BCUT2D eigenvalue weighted by Crippen LogP contribution is 2.42. The molecule has 2 unspecified atom stereocenters. The smallest absolute Gasteiger partial charge is 0.161 e. The molecule has 2 aliphatic rings. The van der Waals surface area contributed by atoms with E-state index in [1.54, 1.807) is 12.1 Å². The highest BCUT2D eigenvalue weighted by atomic mass is 16.5. The van der Waals surface area contributed by atoms with Gasteiger partial charge in [-0.25, -0.2) is 0 Å². The maximum absolute atomic E-state index is 13.1. The lowest BCUT2D eigenvalue weighted by molar-refractivity contribution is -0.129. The van der Waals surface area contributed by atoms with Gasteiger partial charge in [-0.3, -0.25) is 9.69 Å². The van der Waals surface area contributed by atoms with Gasteiger partial charge in [-0.05, 0) is 42.0 Å². The van der Waals surface area contributed by atoms with E-state index in [1.807, 2.05) is 18.7 Å². The van der Waals surface area contributed by atoms with Gasteiger partial charge < -0.3 is 9.47 Å². The summed E-state index contributed by atoms with van der Waals surface area (Å²) >= 11 is 0. The van der Waals surface area contributed by atoms with Crippen LogP contribution in [-0.2, 0) is 11.2 Å². The molecule has 0 aromatic heterocycles. The third kappa shape index (κ3) is 3.09. The van der Waals surface area contributed by atoms with Crippen LogP contribution in [0.25, 0.3) is 0 Å². The maximum Gasteiger partial charge on any atom is 0.161 e. The lowest BCUT2D eigenvalue weighted by atomic mass is 9.80. The summed E-state index contributed by atoms with van der Waals surface area (Å²) in [4.78, 5) is 14.9. The summed E-state index contributed by atoms with van der Waals surface area (Å²) in [5.41, 5.74) is 1.31. The van der Waals surface area contributed by atoms with Crippen molar-refractivity contribution in [3.05, 3.63) is 23.3 Å². The van der Waals surface area contributed by atoms with Crippen molar-refractivity contribution < 1.29 is 22.5 Å². The maximum atomic E-state index is 13.1. The Bertz CT molecular complexity index is 810. The van der Waals surface area contributed by atoms with E-state index >= 15 is 0 Å². The molecule has 126 valence electrons. The Morgan fingerprint density at radius 2 is 2.22 bits per heavy atom. The van der Waals surface area contributed by atoms with E-state index in [4.69, 9.17) is 17.7 Å². The normalized spacial score (nSPS) is 34.1. The number of hydrogen-bond acceptors (Lipinski definition) is 4. The molecule has 23 heavy (non-hydrogen) atoms. The molecule has 0 saturated carbocycles. The standard InChI is InChI=1S/C19H27NO3/c1-12(2)7-14-11-20-6-5-13-8-18(22-3)19(23-4)9-15(13)16(20)10-17(14)21/h8-9,12,14,16H,5-7,10-11H2,1-4H3/i3D3,10D2,14D. The molecule has 1 aromatic carbocycles. The van der Waals surface area contributed by atoms with Gasteiger partial charge in [0.1, 0.15) is 5.78 Å². The van der Waals surface area contributed by atoms with Gasteiger partial charge in [-0.15, -0.1) is 0 Å². The van der Waals surface area contributed by atoms with Crippen LogP contribution in [-0.4, -0.2) is 37.9 Å². The van der Waals surface area contributed by atoms with Gasteiger partial charge in [-0.1, -0.05) is 13.8 Å². The van der Waals surface area contributed by atoms with Crippen LogP contribution < -0.4 is 9.47 Å². The number of methoxy groups -OCH3 is 2. The molecule has 0 aliphatic carbocycles. The number of Topliss-reactive ketones (excluding diaryl/α,β-unsaturated/α-hetero) is 1. The van der Waals surface area contributed by atoms with E-state index in [2.05, 4.69) is 0 Å². The van der Waals surface area contributed by atoms with Crippen LogP contribution in [0.5, 0.6) is 11.5 Å². The van der Waals surface area contributed by atoms with E-state index in [1.165, 1.54) is 7.11 Å². The zero-order valence-corrected chi connectivity index (χ0v) is 13.8. The third-order valence-electron chi connectivity index (χ3n) is 4.50. The topological polar surface area (TPSA) is 38.8 Å². The molecular weight excluding hydrogens is 290 g/mol. The highest BCUT2D eigenvalue weighted by Gasteiger charge is 2.38. The number of ketones is 1. The second-order valence-electron chi connectivity index (χ2n) is 6.60. The minimum Gasteiger partial charge on any atom is -0.493 e. The van der Waals surface area contributed by atoms with Gasteiger partial charge in [0.25, 0.3) is 0 Å². The predicted octanol–water partition coefficient (Wildman–Crippen LogP) is 3.24. The molecule has 3 rings (SSSR count). The summed E-state index contributed by atoms with van der Waals surface area (Å²) < 4.78 is 58.3. The zero-order valence-electron chi connectivity index (χ0n) is 19.8. The molecule has 1 fully saturated rings. The van der Waals surface area contributed by atoms with Gasteiger partial charge in [0.15, 0.2) is 11.5 Å². The Morgan fingerprint density at radius 3 is 2.91 bits per heavy atom. The minimum atomic E-state index is -2.64. The predicted molar refractivity (Wildman–Crippen MR) is 90.1 cm³/mol. The molecule has 0 bridgehead atoms. The van der Waals surface area contributed by atoms with Crippen molar-refractivity contribution in [1.29, 1.82) is 0 Å². The van der Waals surface area contributed by atoms with E-state index in [0.29, 0.717) is 24.9 Å². The van der Waals surface area contributed by atoms with E-state index < -0.39 is 31.1 Å². The Kier molecular flexibility index (Phi) is 2.93. The molecule has 1 aromatic rings. The molecule has 4 nitrogen and oxygen atoms in total. The van der Waals surface area contributed by atoms with E-state index in [-0.39, 0.29) is 24.0 Å². The van der Waals surface area contributed by atoms with Gasteiger partial charge in [0.05, 0.1) is 18.3 Å². The van der Waals surface area contributed by atoms with E-state index in [0.717, 1.165) is 5.56 Å². The summed E-state index contributed by atoms with van der Waals surface area (Å²) in [6, 6.07) is 2.28. The molecule has 0 N–H and O–H groups in total. The van der Waals surface area contributed by atoms with Crippen molar-refractivity contribution in [3.8, 4) is 11.5 Å². The van der Waals surface area contributed by atoms with Crippen molar-refractivity contribution in [2.45, 2.75) is 39.1 Å². The average molecular weight is 323 g/mol. The number of fused-ring (bicyclic) bond motifs is 3. The molecule has 0 spiro atoms. The van der Waals surface area contributed by atoms with Gasteiger partial charge in [0.2, 0.25) is 0 Å². The molecule has 1 saturated heterocycles. The number of rotatable bonds is 4. The lowest BCUT2D eigenvalue weighted by Crippen LogP contribution is -2.46. The fourth-order valence-corrected chi connectivity index (χ4v) is 3.45. The quantitative estimate of drug-likeness (QED) is 0.853. The fraction of sp³-hybridized carbons (Fsp3) is 0.632. The van der Waals surface area contributed by atoms with Gasteiger partial charge in [0, 0.05) is 35.5 Å². The van der Waals surface area contributed by atoms with Crippen molar-refractivity contribution in [2.24, 2.45) is 11.8 Å². The molecule has 2 atom stereocenters. The molecule has 0 radical (unpaired) electrons. The van der Waals surface area contributed by atoms with Crippen molar-refractivity contribution in [1.82, 2.24) is 4.90 Å². The number of benzene rings is 1. The number of hydrogen-bond donors (Lipinski definition) is 0. The number of carbonyl (C=O) groups excluding carboxylic acids is 1. The number of piperidine rings is 1. The second kappa shape index (κ2) is 6.52. The van der Waals surface area contributed by atoms with E-state index in [9.17, 15) is 4.79 Å². The molecule has 2 heterocycles. The largest absolute Gasteiger partial charge is 0.493 e. The molecule has 0 amide bonds. The SMILES string of the molecule is [2H]C([2H])([2H])Oc1cc2c(cc1OC)C1N(CC2)CC([2H])(CC(C)C)C(=O)C1([2H])[2H]. The Morgan fingerprint density at radius 1 is 1.43 bits per heavy atom. The van der Waals surface area contributed by atoms with Crippen LogP contribution in [0.3, 0.4) is 0 Å². The Balaban J connectivity index is 2.05. The van der Waals surface area contributed by atoms with Gasteiger partial charge >= 0.3 is 0 Å². The van der Waals surface area contributed by atoms with Gasteiger partial charge in [-0.2, -0.15) is 0 Å². The summed E-state index contributed by atoms with van der Waals surface area (Å²) in [5.74, 6) is -1.85. The first-order valence-corrected chi connectivity index (χ1v) is 7.97. The highest BCUT2D eigenvalue weighted by molar-refractivity contribution is 5.83. The first kappa shape index (κ1) is 10.3. The first-order valence-electron chi connectivity index (χ1n) is 11.0. The second-order valence-corrected chi connectivity index (χ2v) is 6.60. The van der Waals surface area contributed by atoms with Crippen LogP contribution in [0.1, 0.15) is 52.0 Å². The van der Waals surface area contributed by atoms with Crippen LogP contribution in [0, 0.1) is 11.8 Å². The first-order chi connectivity index (χ1) is 13.3. The van der Waals surface area contributed by atoms with Crippen LogP contribution in [0.2, 0.25) is 0 Å². The van der Waals surface area contributed by atoms with Crippen LogP contribution in [0.15, 0.2) is 12.1 Å².